The lowest BCUT2D eigenvalue weighted by molar-refractivity contribution is 0.415. The smallest absolute Gasteiger partial charge is 0.105 e. The number of hydrogen-bond donors (Lipinski definition) is 1. The summed E-state index contributed by atoms with van der Waals surface area (Å²) in [4.78, 5) is 4.22. The van der Waals surface area contributed by atoms with Crippen LogP contribution in [-0.2, 0) is 6.54 Å². The Kier molecular flexibility index (Phi) is 3.41. The van der Waals surface area contributed by atoms with Crippen molar-refractivity contribution < 1.29 is 0 Å². The monoisotopic (exact) mass is 207 g/mol. The van der Waals surface area contributed by atoms with Crippen molar-refractivity contribution in [2.75, 3.05) is 6.54 Å². The topological polar surface area (TPSA) is 29.9 Å². The number of hydrogen-bond acceptors (Lipinski definition) is 2. The molecule has 3 heteroatoms. The molecule has 0 saturated heterocycles. The van der Waals surface area contributed by atoms with Crippen molar-refractivity contribution in [3.05, 3.63) is 18.2 Å². The van der Waals surface area contributed by atoms with Crippen LogP contribution in [0.3, 0.4) is 0 Å². The van der Waals surface area contributed by atoms with Gasteiger partial charge in [0, 0.05) is 31.5 Å². The molecule has 1 fully saturated rings. The average Bonchev–Trinajstić information content (AvgIpc) is 2.78. The van der Waals surface area contributed by atoms with E-state index in [-0.39, 0.29) is 0 Å². The second kappa shape index (κ2) is 4.79. The van der Waals surface area contributed by atoms with Gasteiger partial charge in [-0.1, -0.05) is 13.3 Å². The summed E-state index contributed by atoms with van der Waals surface area (Å²) in [6.07, 6.45) is 8.05. The number of nitrogens with zero attached hydrogens (tertiary/aromatic N) is 2. The first-order valence-corrected chi connectivity index (χ1v) is 5.98. The van der Waals surface area contributed by atoms with Crippen LogP contribution in [0.15, 0.2) is 12.4 Å². The molecule has 1 aromatic rings. The number of aryl methyl sites for hydroxylation is 1. The Morgan fingerprint density at radius 2 is 2.40 bits per heavy atom. The van der Waals surface area contributed by atoms with Gasteiger partial charge in [0.25, 0.3) is 0 Å². The molecule has 1 aromatic heterocycles. The minimum atomic E-state index is 0.744. The van der Waals surface area contributed by atoms with E-state index in [4.69, 9.17) is 0 Å². The first kappa shape index (κ1) is 10.7. The molecule has 0 radical (unpaired) electrons. The molecule has 1 saturated carbocycles. The van der Waals surface area contributed by atoms with Crippen molar-refractivity contribution in [3.8, 4) is 0 Å². The molecule has 15 heavy (non-hydrogen) atoms. The Morgan fingerprint density at radius 3 is 3.00 bits per heavy atom. The largest absolute Gasteiger partial charge is 0.334 e. The van der Waals surface area contributed by atoms with Crippen LogP contribution in [0, 0.1) is 12.8 Å². The molecule has 0 bridgehead atoms. The van der Waals surface area contributed by atoms with Crippen molar-refractivity contribution in [3.63, 3.8) is 0 Å². The van der Waals surface area contributed by atoms with Crippen molar-refractivity contribution in [2.24, 2.45) is 5.92 Å². The first-order chi connectivity index (χ1) is 7.27. The van der Waals surface area contributed by atoms with Gasteiger partial charge in [0.15, 0.2) is 0 Å². The number of nitrogens with one attached hydrogen (secondary N) is 1. The standard InChI is InChI=1S/C12H21N3/c1-10-4-3-5-12(10)14-7-9-15-8-6-13-11(15)2/h6,8,10,12,14H,3-5,7,9H2,1-2H3. The molecule has 1 aliphatic carbocycles. The van der Waals surface area contributed by atoms with Gasteiger partial charge in [-0.25, -0.2) is 4.98 Å². The molecular formula is C12H21N3. The molecule has 0 aromatic carbocycles. The summed E-state index contributed by atoms with van der Waals surface area (Å²) < 4.78 is 2.20. The van der Waals surface area contributed by atoms with Crippen LogP contribution in [0.2, 0.25) is 0 Å². The highest BCUT2D eigenvalue weighted by Gasteiger charge is 2.22. The van der Waals surface area contributed by atoms with Gasteiger partial charge in [-0.3, -0.25) is 0 Å². The van der Waals surface area contributed by atoms with E-state index in [0.717, 1.165) is 30.9 Å². The van der Waals surface area contributed by atoms with Crippen LogP contribution >= 0.6 is 0 Å². The van der Waals surface area contributed by atoms with Crippen molar-refractivity contribution in [1.82, 2.24) is 14.9 Å². The quantitative estimate of drug-likeness (QED) is 0.818. The van der Waals surface area contributed by atoms with Gasteiger partial charge in [0.2, 0.25) is 0 Å². The third-order valence-electron chi connectivity index (χ3n) is 3.54. The zero-order valence-electron chi connectivity index (χ0n) is 9.74. The molecule has 3 nitrogen and oxygen atoms in total. The molecule has 84 valence electrons. The zero-order valence-corrected chi connectivity index (χ0v) is 9.74. The number of imidazole rings is 1. The maximum absolute atomic E-state index is 4.22. The second-order valence-electron chi connectivity index (χ2n) is 4.64. The van der Waals surface area contributed by atoms with Crippen LogP contribution in [0.25, 0.3) is 0 Å². The summed E-state index contributed by atoms with van der Waals surface area (Å²) >= 11 is 0. The van der Waals surface area contributed by atoms with Gasteiger partial charge in [-0.05, 0) is 25.7 Å². The number of rotatable bonds is 4. The molecule has 1 N–H and O–H groups in total. The lowest BCUT2D eigenvalue weighted by Gasteiger charge is -2.17. The minimum Gasteiger partial charge on any atom is -0.334 e. The lowest BCUT2D eigenvalue weighted by Crippen LogP contribution is -2.33. The molecular weight excluding hydrogens is 186 g/mol. The predicted octanol–water partition coefficient (Wildman–Crippen LogP) is 1.97. The summed E-state index contributed by atoms with van der Waals surface area (Å²) in [7, 11) is 0. The summed E-state index contributed by atoms with van der Waals surface area (Å²) in [5.41, 5.74) is 0. The Hall–Kier alpha value is -0.830. The lowest BCUT2D eigenvalue weighted by atomic mass is 10.1. The van der Waals surface area contributed by atoms with E-state index in [2.05, 4.69) is 34.9 Å². The average molecular weight is 207 g/mol. The van der Waals surface area contributed by atoms with E-state index >= 15 is 0 Å². The third-order valence-corrected chi connectivity index (χ3v) is 3.54. The summed E-state index contributed by atoms with van der Waals surface area (Å²) in [6.45, 7) is 6.51. The molecule has 2 rings (SSSR count). The number of aromatic nitrogens is 2. The highest BCUT2D eigenvalue weighted by atomic mass is 15.1. The molecule has 2 unspecified atom stereocenters. The van der Waals surface area contributed by atoms with E-state index in [1.807, 2.05) is 6.20 Å². The Balaban J connectivity index is 1.73. The fourth-order valence-corrected chi connectivity index (χ4v) is 2.46. The highest BCUT2D eigenvalue weighted by Crippen LogP contribution is 2.24. The van der Waals surface area contributed by atoms with Crippen LogP contribution in [0.4, 0.5) is 0 Å². The van der Waals surface area contributed by atoms with E-state index in [1.165, 1.54) is 19.3 Å². The summed E-state index contributed by atoms with van der Waals surface area (Å²) in [6, 6.07) is 0.744. The van der Waals surface area contributed by atoms with Crippen molar-refractivity contribution in [1.29, 1.82) is 0 Å². The zero-order chi connectivity index (χ0) is 10.7. The van der Waals surface area contributed by atoms with Crippen LogP contribution in [0.5, 0.6) is 0 Å². The maximum Gasteiger partial charge on any atom is 0.105 e. The Bertz CT molecular complexity index is 306. The van der Waals surface area contributed by atoms with E-state index in [1.54, 1.807) is 0 Å². The van der Waals surface area contributed by atoms with Crippen LogP contribution < -0.4 is 5.32 Å². The fraction of sp³-hybridized carbons (Fsp3) is 0.750. The Labute approximate surface area is 91.9 Å². The first-order valence-electron chi connectivity index (χ1n) is 5.98. The van der Waals surface area contributed by atoms with Crippen molar-refractivity contribution in [2.45, 2.75) is 45.7 Å². The molecule has 1 aliphatic rings. The van der Waals surface area contributed by atoms with E-state index in [9.17, 15) is 0 Å². The van der Waals surface area contributed by atoms with Gasteiger partial charge >= 0.3 is 0 Å². The van der Waals surface area contributed by atoms with Gasteiger partial charge in [0.05, 0.1) is 0 Å². The molecule has 0 aliphatic heterocycles. The van der Waals surface area contributed by atoms with E-state index in [0.29, 0.717) is 0 Å². The van der Waals surface area contributed by atoms with E-state index < -0.39 is 0 Å². The SMILES string of the molecule is Cc1nccn1CCNC1CCCC1C. The van der Waals surface area contributed by atoms with Crippen LogP contribution in [-0.4, -0.2) is 22.1 Å². The Morgan fingerprint density at radius 1 is 1.53 bits per heavy atom. The minimum absolute atomic E-state index is 0.744. The van der Waals surface area contributed by atoms with Gasteiger partial charge in [0.1, 0.15) is 5.82 Å². The van der Waals surface area contributed by atoms with Gasteiger partial charge < -0.3 is 9.88 Å². The van der Waals surface area contributed by atoms with Gasteiger partial charge in [-0.15, -0.1) is 0 Å². The predicted molar refractivity (Wildman–Crippen MR) is 61.8 cm³/mol. The fourth-order valence-electron chi connectivity index (χ4n) is 2.46. The molecule has 0 amide bonds. The molecule has 0 spiro atoms. The second-order valence-corrected chi connectivity index (χ2v) is 4.64. The van der Waals surface area contributed by atoms with Crippen molar-refractivity contribution >= 4 is 0 Å². The molecule has 2 atom stereocenters. The highest BCUT2D eigenvalue weighted by molar-refractivity contribution is 4.88. The normalized spacial score (nSPS) is 26.0. The maximum atomic E-state index is 4.22. The summed E-state index contributed by atoms with van der Waals surface area (Å²) in [5.74, 6) is 1.96. The van der Waals surface area contributed by atoms with Crippen LogP contribution in [0.1, 0.15) is 32.0 Å². The van der Waals surface area contributed by atoms with Gasteiger partial charge in [-0.2, -0.15) is 0 Å². The third kappa shape index (κ3) is 2.59. The molecule has 1 heterocycles. The summed E-state index contributed by atoms with van der Waals surface area (Å²) in [5, 5.41) is 3.65.